The summed E-state index contributed by atoms with van der Waals surface area (Å²) in [5, 5.41) is 0. The van der Waals surface area contributed by atoms with Gasteiger partial charge in [0, 0.05) is 19.5 Å². The number of carbonyl (C=O) groups is 1. The molecule has 1 amide bonds. The van der Waals surface area contributed by atoms with Crippen molar-refractivity contribution < 1.29 is 4.79 Å². The van der Waals surface area contributed by atoms with E-state index in [4.69, 9.17) is 5.73 Å². The number of nitrogens with two attached hydrogens (primary N) is 1. The third kappa shape index (κ3) is 4.20. The quantitative estimate of drug-likeness (QED) is 0.769. The molecule has 0 aromatic rings. The maximum atomic E-state index is 11.8. The molecule has 1 saturated heterocycles. The summed E-state index contributed by atoms with van der Waals surface area (Å²) in [5.41, 5.74) is 5.53. The van der Waals surface area contributed by atoms with Crippen LogP contribution in [0.4, 0.5) is 0 Å². The summed E-state index contributed by atoms with van der Waals surface area (Å²) in [6, 6.07) is 0. The van der Waals surface area contributed by atoms with Gasteiger partial charge >= 0.3 is 0 Å². The van der Waals surface area contributed by atoms with E-state index in [0.717, 1.165) is 19.5 Å². The number of hydrogen-bond acceptors (Lipinski definition) is 2. The molecule has 0 aliphatic carbocycles. The zero-order valence-electron chi connectivity index (χ0n) is 10.0. The molecule has 88 valence electrons. The lowest BCUT2D eigenvalue weighted by Gasteiger charge is -2.31. The molecule has 0 aromatic heterocycles. The van der Waals surface area contributed by atoms with Gasteiger partial charge in [-0.25, -0.2) is 0 Å². The number of carbonyl (C=O) groups excluding carboxylic acids is 1. The molecule has 2 atom stereocenters. The normalized spacial score (nSPS) is 23.9. The first-order valence-electron chi connectivity index (χ1n) is 6.11. The van der Waals surface area contributed by atoms with Crippen molar-refractivity contribution in [2.75, 3.05) is 19.6 Å². The first-order valence-corrected chi connectivity index (χ1v) is 6.11. The van der Waals surface area contributed by atoms with Crippen molar-refractivity contribution in [3.8, 4) is 0 Å². The number of likely N-dealkylation sites (tertiary alicyclic amines) is 1. The standard InChI is InChI=1S/C12H24N2O/c1-10(8-13)5-6-12(15)14-7-3-4-11(2)9-14/h10-11H,3-9,13H2,1-2H3. The van der Waals surface area contributed by atoms with Gasteiger partial charge in [0.2, 0.25) is 5.91 Å². The molecule has 15 heavy (non-hydrogen) atoms. The first-order chi connectivity index (χ1) is 7.13. The Morgan fingerprint density at radius 1 is 1.60 bits per heavy atom. The van der Waals surface area contributed by atoms with Crippen molar-refractivity contribution in [1.82, 2.24) is 4.90 Å². The Hall–Kier alpha value is -0.570. The summed E-state index contributed by atoms with van der Waals surface area (Å²) in [4.78, 5) is 13.9. The van der Waals surface area contributed by atoms with Gasteiger partial charge in [0.1, 0.15) is 0 Å². The van der Waals surface area contributed by atoms with Crippen molar-refractivity contribution in [2.45, 2.75) is 39.5 Å². The molecule has 0 aromatic carbocycles. The molecule has 1 fully saturated rings. The van der Waals surface area contributed by atoms with E-state index in [1.807, 2.05) is 4.90 Å². The SMILES string of the molecule is CC(CN)CCC(=O)N1CCCC(C)C1. The summed E-state index contributed by atoms with van der Waals surface area (Å²) < 4.78 is 0. The Kier molecular flexibility index (Phi) is 5.09. The van der Waals surface area contributed by atoms with Gasteiger partial charge in [0.15, 0.2) is 0 Å². The average Bonchev–Trinajstić information content (AvgIpc) is 2.25. The second-order valence-corrected chi connectivity index (χ2v) is 4.97. The highest BCUT2D eigenvalue weighted by atomic mass is 16.2. The summed E-state index contributed by atoms with van der Waals surface area (Å²) in [6.45, 7) is 6.92. The van der Waals surface area contributed by atoms with Crippen LogP contribution in [-0.4, -0.2) is 30.4 Å². The van der Waals surface area contributed by atoms with Gasteiger partial charge in [0.05, 0.1) is 0 Å². The first kappa shape index (κ1) is 12.5. The highest BCUT2D eigenvalue weighted by Gasteiger charge is 2.20. The fourth-order valence-electron chi connectivity index (χ4n) is 2.06. The maximum absolute atomic E-state index is 11.8. The minimum atomic E-state index is 0.321. The van der Waals surface area contributed by atoms with Crippen molar-refractivity contribution in [3.05, 3.63) is 0 Å². The number of rotatable bonds is 4. The Morgan fingerprint density at radius 2 is 2.33 bits per heavy atom. The van der Waals surface area contributed by atoms with Gasteiger partial charge in [-0.1, -0.05) is 13.8 Å². The molecule has 1 aliphatic heterocycles. The molecule has 0 bridgehead atoms. The van der Waals surface area contributed by atoms with Crippen molar-refractivity contribution >= 4 is 5.91 Å². The molecule has 2 N–H and O–H groups in total. The molecule has 3 heteroatoms. The number of hydrogen-bond donors (Lipinski definition) is 1. The van der Waals surface area contributed by atoms with E-state index >= 15 is 0 Å². The lowest BCUT2D eigenvalue weighted by Crippen LogP contribution is -2.39. The third-order valence-electron chi connectivity index (χ3n) is 3.26. The topological polar surface area (TPSA) is 46.3 Å². The van der Waals surface area contributed by atoms with E-state index in [1.54, 1.807) is 0 Å². The number of piperidine rings is 1. The van der Waals surface area contributed by atoms with Crippen LogP contribution in [0.1, 0.15) is 39.5 Å². The molecule has 0 spiro atoms. The molecular weight excluding hydrogens is 188 g/mol. The Balaban J connectivity index is 2.26. The van der Waals surface area contributed by atoms with Crippen LogP contribution in [-0.2, 0) is 4.79 Å². The summed E-state index contributed by atoms with van der Waals surface area (Å²) in [7, 11) is 0. The summed E-state index contributed by atoms with van der Waals surface area (Å²) in [5.74, 6) is 1.47. The van der Waals surface area contributed by atoms with Crippen LogP contribution in [0.3, 0.4) is 0 Å². The van der Waals surface area contributed by atoms with Crippen LogP contribution in [0.25, 0.3) is 0 Å². The minimum absolute atomic E-state index is 0.321. The molecule has 1 rings (SSSR count). The van der Waals surface area contributed by atoms with Crippen LogP contribution in [0.5, 0.6) is 0 Å². The van der Waals surface area contributed by atoms with Gasteiger partial charge in [-0.2, -0.15) is 0 Å². The Bertz CT molecular complexity index is 206. The smallest absolute Gasteiger partial charge is 0.222 e. The highest BCUT2D eigenvalue weighted by molar-refractivity contribution is 5.76. The van der Waals surface area contributed by atoms with Crippen LogP contribution >= 0.6 is 0 Å². The van der Waals surface area contributed by atoms with Gasteiger partial charge in [-0.05, 0) is 37.6 Å². The van der Waals surface area contributed by atoms with Crippen molar-refractivity contribution in [2.24, 2.45) is 17.6 Å². The second kappa shape index (κ2) is 6.11. The van der Waals surface area contributed by atoms with E-state index in [-0.39, 0.29) is 0 Å². The predicted octanol–water partition coefficient (Wildman–Crippen LogP) is 1.62. The van der Waals surface area contributed by atoms with Crippen LogP contribution in [0, 0.1) is 11.8 Å². The molecule has 0 radical (unpaired) electrons. The van der Waals surface area contributed by atoms with Crippen molar-refractivity contribution in [1.29, 1.82) is 0 Å². The molecule has 1 heterocycles. The third-order valence-corrected chi connectivity index (χ3v) is 3.26. The second-order valence-electron chi connectivity index (χ2n) is 4.97. The monoisotopic (exact) mass is 212 g/mol. The average molecular weight is 212 g/mol. The van der Waals surface area contributed by atoms with Crippen LogP contribution < -0.4 is 5.73 Å². The number of amides is 1. The van der Waals surface area contributed by atoms with E-state index in [2.05, 4.69) is 13.8 Å². The Morgan fingerprint density at radius 3 is 2.93 bits per heavy atom. The van der Waals surface area contributed by atoms with Gasteiger partial charge in [-0.15, -0.1) is 0 Å². The zero-order valence-corrected chi connectivity index (χ0v) is 10.0. The molecule has 2 unspecified atom stereocenters. The summed E-state index contributed by atoms with van der Waals surface area (Å²) >= 11 is 0. The Labute approximate surface area is 93.0 Å². The van der Waals surface area contributed by atoms with Crippen LogP contribution in [0.2, 0.25) is 0 Å². The van der Waals surface area contributed by atoms with E-state index in [9.17, 15) is 4.79 Å². The fourth-order valence-corrected chi connectivity index (χ4v) is 2.06. The highest BCUT2D eigenvalue weighted by Crippen LogP contribution is 2.17. The summed E-state index contributed by atoms with van der Waals surface area (Å²) in [6.07, 6.45) is 4.04. The van der Waals surface area contributed by atoms with Crippen LogP contribution in [0.15, 0.2) is 0 Å². The van der Waals surface area contributed by atoms with E-state index < -0.39 is 0 Å². The van der Waals surface area contributed by atoms with Crippen molar-refractivity contribution in [3.63, 3.8) is 0 Å². The van der Waals surface area contributed by atoms with Gasteiger partial charge in [-0.3, -0.25) is 4.79 Å². The minimum Gasteiger partial charge on any atom is -0.342 e. The van der Waals surface area contributed by atoms with Gasteiger partial charge in [0.25, 0.3) is 0 Å². The van der Waals surface area contributed by atoms with E-state index in [0.29, 0.717) is 30.7 Å². The molecule has 3 nitrogen and oxygen atoms in total. The molecule has 1 aliphatic rings. The maximum Gasteiger partial charge on any atom is 0.222 e. The van der Waals surface area contributed by atoms with E-state index in [1.165, 1.54) is 12.8 Å². The lowest BCUT2D eigenvalue weighted by atomic mass is 9.99. The largest absolute Gasteiger partial charge is 0.342 e. The fraction of sp³-hybridized carbons (Fsp3) is 0.917. The lowest BCUT2D eigenvalue weighted by molar-refractivity contribution is -0.133. The molecular formula is C12H24N2O. The number of nitrogens with zero attached hydrogens (tertiary/aromatic N) is 1. The molecule has 0 saturated carbocycles. The predicted molar refractivity (Wildman–Crippen MR) is 62.4 cm³/mol. The van der Waals surface area contributed by atoms with Gasteiger partial charge < -0.3 is 10.6 Å². The zero-order chi connectivity index (χ0) is 11.3.